The van der Waals surface area contributed by atoms with Crippen molar-refractivity contribution in [3.8, 4) is 5.69 Å². The highest BCUT2D eigenvalue weighted by molar-refractivity contribution is 7.89. The van der Waals surface area contributed by atoms with Crippen LogP contribution in [0.2, 0.25) is 0 Å². The van der Waals surface area contributed by atoms with Gasteiger partial charge in [0.25, 0.3) is 0 Å². The van der Waals surface area contributed by atoms with Crippen molar-refractivity contribution in [1.82, 2.24) is 29.2 Å². The third-order valence-electron chi connectivity index (χ3n) is 5.18. The summed E-state index contributed by atoms with van der Waals surface area (Å²) < 4.78 is 28.9. The minimum Gasteiger partial charge on any atom is -0.362 e. The first kappa shape index (κ1) is 20.5. The minimum atomic E-state index is -3.52. The van der Waals surface area contributed by atoms with Crippen LogP contribution in [0.5, 0.6) is 0 Å². The van der Waals surface area contributed by atoms with E-state index in [4.69, 9.17) is 0 Å². The Morgan fingerprint density at radius 1 is 1.03 bits per heavy atom. The molecule has 10 heteroatoms. The Morgan fingerprint density at radius 2 is 1.77 bits per heavy atom. The maximum atomic E-state index is 12.8. The van der Waals surface area contributed by atoms with Gasteiger partial charge in [-0.1, -0.05) is 23.4 Å². The van der Waals surface area contributed by atoms with E-state index in [-0.39, 0.29) is 10.9 Å². The van der Waals surface area contributed by atoms with Gasteiger partial charge in [0, 0.05) is 32.4 Å². The molecular formula is C20H25N7O2S. The van der Waals surface area contributed by atoms with Crippen LogP contribution in [-0.4, -0.2) is 70.8 Å². The van der Waals surface area contributed by atoms with Crippen LogP contribution in [0.3, 0.4) is 0 Å². The first-order valence-corrected chi connectivity index (χ1v) is 11.3. The van der Waals surface area contributed by atoms with E-state index in [1.807, 2.05) is 50.5 Å². The van der Waals surface area contributed by atoms with Crippen molar-refractivity contribution in [3.63, 3.8) is 0 Å². The predicted octanol–water partition coefficient (Wildman–Crippen LogP) is 1.77. The highest BCUT2D eigenvalue weighted by atomic mass is 32.2. The Kier molecular flexibility index (Phi) is 5.80. The van der Waals surface area contributed by atoms with Gasteiger partial charge in [-0.3, -0.25) is 0 Å². The highest BCUT2D eigenvalue weighted by Crippen LogP contribution is 2.20. The van der Waals surface area contributed by atoms with Crippen molar-refractivity contribution in [3.05, 3.63) is 60.6 Å². The molecule has 1 aromatic carbocycles. The molecule has 1 N–H and O–H groups in total. The van der Waals surface area contributed by atoms with Crippen molar-refractivity contribution in [2.45, 2.75) is 17.9 Å². The van der Waals surface area contributed by atoms with Crippen LogP contribution in [0, 0.1) is 0 Å². The second-order valence-electron chi connectivity index (χ2n) is 7.38. The van der Waals surface area contributed by atoms with E-state index in [0.717, 1.165) is 24.5 Å². The van der Waals surface area contributed by atoms with E-state index in [2.05, 4.69) is 25.5 Å². The second kappa shape index (κ2) is 8.50. The number of para-hydroxylation sites is 1. The van der Waals surface area contributed by atoms with Gasteiger partial charge in [-0.25, -0.2) is 18.1 Å². The number of benzene rings is 1. The Balaban J connectivity index is 1.43. The number of anilines is 1. The average molecular weight is 428 g/mol. The van der Waals surface area contributed by atoms with Crippen molar-refractivity contribution >= 4 is 15.8 Å². The lowest BCUT2D eigenvalue weighted by molar-refractivity contribution is 0.222. The summed E-state index contributed by atoms with van der Waals surface area (Å²) in [4.78, 5) is 6.63. The van der Waals surface area contributed by atoms with Crippen molar-refractivity contribution in [2.75, 3.05) is 38.5 Å². The van der Waals surface area contributed by atoms with Gasteiger partial charge in [0.15, 0.2) is 0 Å². The van der Waals surface area contributed by atoms with Gasteiger partial charge in [-0.05, 0) is 38.2 Å². The molecule has 3 aromatic rings. The molecule has 0 aliphatic carbocycles. The van der Waals surface area contributed by atoms with Gasteiger partial charge >= 0.3 is 0 Å². The van der Waals surface area contributed by atoms with Gasteiger partial charge in [0.05, 0.1) is 17.9 Å². The van der Waals surface area contributed by atoms with E-state index in [0.29, 0.717) is 18.9 Å². The van der Waals surface area contributed by atoms with E-state index in [9.17, 15) is 8.42 Å². The number of hydrogen-bond acceptors (Lipinski definition) is 7. The summed E-state index contributed by atoms with van der Waals surface area (Å²) in [7, 11) is -1.53. The summed E-state index contributed by atoms with van der Waals surface area (Å²) in [5.74, 6) is 0.578. The Morgan fingerprint density at radius 3 is 2.43 bits per heavy atom. The SMILES string of the molecule is CC(Nc1ccc(S(=O)(=O)N2CCN(C)CC2)cn1)c1cn(-c2ccccc2)nn1. The van der Waals surface area contributed by atoms with Gasteiger partial charge in [-0.15, -0.1) is 5.10 Å². The zero-order chi connectivity index (χ0) is 21.1. The minimum absolute atomic E-state index is 0.143. The first-order chi connectivity index (χ1) is 14.4. The molecule has 1 aliphatic rings. The number of nitrogens with one attached hydrogen (secondary N) is 1. The molecule has 1 fully saturated rings. The molecule has 1 saturated heterocycles. The van der Waals surface area contributed by atoms with Crippen molar-refractivity contribution in [1.29, 1.82) is 0 Å². The normalized spacial score (nSPS) is 17.0. The molecule has 3 heterocycles. The summed E-state index contributed by atoms with van der Waals surface area (Å²) in [6.45, 7) is 4.40. The highest BCUT2D eigenvalue weighted by Gasteiger charge is 2.27. The van der Waals surface area contributed by atoms with Crippen LogP contribution in [0.25, 0.3) is 5.69 Å². The number of likely N-dealkylation sites (N-methyl/N-ethyl adjacent to an activating group) is 1. The molecule has 0 bridgehead atoms. The molecular weight excluding hydrogens is 402 g/mol. The van der Waals surface area contributed by atoms with Crippen molar-refractivity contribution < 1.29 is 8.42 Å². The number of piperazine rings is 1. The lowest BCUT2D eigenvalue weighted by Gasteiger charge is -2.31. The molecule has 0 spiro atoms. The molecule has 0 amide bonds. The molecule has 158 valence electrons. The third-order valence-corrected chi connectivity index (χ3v) is 7.06. The maximum absolute atomic E-state index is 12.8. The number of aromatic nitrogens is 4. The molecule has 1 aliphatic heterocycles. The van der Waals surface area contributed by atoms with Crippen molar-refractivity contribution in [2.24, 2.45) is 0 Å². The zero-order valence-electron chi connectivity index (χ0n) is 17.0. The molecule has 1 atom stereocenters. The lowest BCUT2D eigenvalue weighted by atomic mass is 10.2. The number of sulfonamides is 1. The quantitative estimate of drug-likeness (QED) is 0.640. The number of hydrogen-bond donors (Lipinski definition) is 1. The van der Waals surface area contributed by atoms with Gasteiger partial charge < -0.3 is 10.2 Å². The zero-order valence-corrected chi connectivity index (χ0v) is 17.8. The van der Waals surface area contributed by atoms with E-state index >= 15 is 0 Å². The largest absolute Gasteiger partial charge is 0.362 e. The van der Waals surface area contributed by atoms with Gasteiger partial charge in [0.2, 0.25) is 10.0 Å². The summed E-state index contributed by atoms with van der Waals surface area (Å²) in [5.41, 5.74) is 1.69. The monoisotopic (exact) mass is 427 g/mol. The first-order valence-electron chi connectivity index (χ1n) is 9.82. The summed E-state index contributed by atoms with van der Waals surface area (Å²) in [6, 6.07) is 12.9. The summed E-state index contributed by atoms with van der Waals surface area (Å²) in [5, 5.41) is 11.6. The van der Waals surface area contributed by atoms with E-state index in [1.54, 1.807) is 16.8 Å². The topological polar surface area (TPSA) is 96.2 Å². The molecule has 9 nitrogen and oxygen atoms in total. The van der Waals surface area contributed by atoms with Crippen LogP contribution in [0.1, 0.15) is 18.7 Å². The molecule has 0 saturated carbocycles. The fourth-order valence-electron chi connectivity index (χ4n) is 3.27. The maximum Gasteiger partial charge on any atom is 0.244 e. The molecule has 2 aromatic heterocycles. The average Bonchev–Trinajstić information content (AvgIpc) is 3.26. The molecule has 0 radical (unpaired) electrons. The molecule has 4 rings (SSSR count). The second-order valence-corrected chi connectivity index (χ2v) is 9.31. The predicted molar refractivity (Wildman–Crippen MR) is 114 cm³/mol. The summed E-state index contributed by atoms with van der Waals surface area (Å²) in [6.07, 6.45) is 3.27. The lowest BCUT2D eigenvalue weighted by Crippen LogP contribution is -2.47. The van der Waals surface area contributed by atoms with Crippen LogP contribution in [0.4, 0.5) is 5.82 Å². The fraction of sp³-hybridized carbons (Fsp3) is 0.350. The fourth-order valence-corrected chi connectivity index (χ4v) is 4.64. The van der Waals surface area contributed by atoms with Crippen LogP contribution in [0.15, 0.2) is 59.8 Å². The molecule has 1 unspecified atom stereocenters. The smallest absolute Gasteiger partial charge is 0.244 e. The Labute approximate surface area is 176 Å². The van der Waals surface area contributed by atoms with Gasteiger partial charge in [-0.2, -0.15) is 4.31 Å². The van der Waals surface area contributed by atoms with Gasteiger partial charge in [0.1, 0.15) is 16.4 Å². The molecule has 30 heavy (non-hydrogen) atoms. The van der Waals surface area contributed by atoms with E-state index in [1.165, 1.54) is 10.5 Å². The van der Waals surface area contributed by atoms with E-state index < -0.39 is 10.0 Å². The Hall–Kier alpha value is -2.82. The van der Waals surface area contributed by atoms with Crippen LogP contribution in [-0.2, 0) is 10.0 Å². The number of nitrogens with zero attached hydrogens (tertiary/aromatic N) is 6. The van der Waals surface area contributed by atoms with Crippen LogP contribution >= 0.6 is 0 Å². The third kappa shape index (κ3) is 4.35. The van der Waals surface area contributed by atoms with Crippen LogP contribution < -0.4 is 5.32 Å². The number of rotatable bonds is 6. The number of pyridine rings is 1. The Bertz CT molecular complexity index is 1080. The summed E-state index contributed by atoms with van der Waals surface area (Å²) >= 11 is 0. The standard InChI is InChI=1S/C20H25N7O2S/c1-16(19-15-27(24-23-19)17-6-4-3-5-7-17)22-20-9-8-18(14-21-20)30(28,29)26-12-10-25(2)11-13-26/h3-9,14-16H,10-13H2,1-2H3,(H,21,22).